The molecule has 2 aromatic carbocycles. The van der Waals surface area contributed by atoms with Gasteiger partial charge in [-0.05, 0) is 47.2 Å². The van der Waals surface area contributed by atoms with E-state index in [0.29, 0.717) is 22.4 Å². The molecule has 21 heavy (non-hydrogen) atoms. The molecule has 0 aliphatic rings. The Morgan fingerprint density at radius 1 is 1.00 bits per heavy atom. The highest BCUT2D eigenvalue weighted by atomic mass is 79.9. The van der Waals surface area contributed by atoms with Gasteiger partial charge in [-0.15, -0.1) is 10.2 Å². The van der Waals surface area contributed by atoms with Gasteiger partial charge in [-0.1, -0.05) is 22.0 Å². The van der Waals surface area contributed by atoms with Crippen LogP contribution in [0, 0.1) is 11.6 Å². The maximum atomic E-state index is 13.0. The third kappa shape index (κ3) is 3.13. The van der Waals surface area contributed by atoms with E-state index in [2.05, 4.69) is 31.3 Å². The van der Waals surface area contributed by atoms with Crippen molar-refractivity contribution in [1.82, 2.24) is 20.2 Å². The summed E-state index contributed by atoms with van der Waals surface area (Å²) in [5.74, 6) is -0.223. The molecule has 3 rings (SSSR count). The molecule has 7 heteroatoms. The van der Waals surface area contributed by atoms with Crippen molar-refractivity contribution >= 4 is 15.9 Å². The molecule has 0 aliphatic carbocycles. The summed E-state index contributed by atoms with van der Waals surface area (Å²) in [5, 5.41) is 12.1. The molecule has 0 saturated carbocycles. The van der Waals surface area contributed by atoms with E-state index in [0.717, 1.165) is 5.56 Å². The van der Waals surface area contributed by atoms with E-state index >= 15 is 0 Å². The van der Waals surface area contributed by atoms with E-state index in [1.54, 1.807) is 18.2 Å². The Kier molecular flexibility index (Phi) is 3.74. The summed E-state index contributed by atoms with van der Waals surface area (Å²) in [6.07, 6.45) is 0. The fourth-order valence-corrected chi connectivity index (χ4v) is 2.30. The van der Waals surface area contributed by atoms with Gasteiger partial charge in [-0.3, -0.25) is 0 Å². The standard InChI is InChI=1S/C14H9BrF2N4/c15-13-7-12(17)6-3-10(13)8-21-19-14(18-20-21)9-1-4-11(16)5-2-9/h1-7H,8H2. The van der Waals surface area contributed by atoms with E-state index < -0.39 is 0 Å². The molecule has 0 N–H and O–H groups in total. The van der Waals surface area contributed by atoms with Crippen LogP contribution in [0.15, 0.2) is 46.9 Å². The van der Waals surface area contributed by atoms with E-state index in [-0.39, 0.29) is 11.6 Å². The lowest BCUT2D eigenvalue weighted by atomic mass is 10.2. The minimum absolute atomic E-state index is 0.316. The molecule has 0 saturated heterocycles. The quantitative estimate of drug-likeness (QED) is 0.726. The van der Waals surface area contributed by atoms with Crippen LogP contribution >= 0.6 is 15.9 Å². The molecule has 0 unspecified atom stereocenters. The Morgan fingerprint density at radius 2 is 1.71 bits per heavy atom. The third-order valence-electron chi connectivity index (χ3n) is 2.88. The molecule has 0 bridgehead atoms. The van der Waals surface area contributed by atoms with Gasteiger partial charge in [0.1, 0.15) is 11.6 Å². The van der Waals surface area contributed by atoms with E-state index in [1.807, 2.05) is 0 Å². The first-order valence-electron chi connectivity index (χ1n) is 6.09. The van der Waals surface area contributed by atoms with Crippen molar-refractivity contribution in [1.29, 1.82) is 0 Å². The lowest BCUT2D eigenvalue weighted by molar-refractivity contribution is 0.569. The molecule has 0 radical (unpaired) electrons. The average molecular weight is 351 g/mol. The minimum Gasteiger partial charge on any atom is -0.207 e. The van der Waals surface area contributed by atoms with Crippen LogP contribution < -0.4 is 0 Å². The Labute approximate surface area is 127 Å². The SMILES string of the molecule is Fc1ccc(-c2nnn(Cc3ccc(F)cc3Br)n2)cc1. The van der Waals surface area contributed by atoms with E-state index in [9.17, 15) is 8.78 Å². The number of benzene rings is 2. The number of aromatic nitrogens is 4. The molecular weight excluding hydrogens is 342 g/mol. The Balaban J connectivity index is 1.83. The lowest BCUT2D eigenvalue weighted by Gasteiger charge is -2.02. The number of halogens is 3. The van der Waals surface area contributed by atoms with E-state index in [1.165, 1.54) is 29.1 Å². The normalized spacial score (nSPS) is 10.8. The first kappa shape index (κ1) is 13.8. The topological polar surface area (TPSA) is 43.6 Å². The highest BCUT2D eigenvalue weighted by Gasteiger charge is 2.08. The fraction of sp³-hybridized carbons (Fsp3) is 0.0714. The van der Waals surface area contributed by atoms with Crippen molar-refractivity contribution in [2.24, 2.45) is 0 Å². The van der Waals surface area contributed by atoms with Crippen LogP contribution in [0.2, 0.25) is 0 Å². The summed E-state index contributed by atoms with van der Waals surface area (Å²) in [5.41, 5.74) is 1.51. The van der Waals surface area contributed by atoms with Crippen LogP contribution in [0.25, 0.3) is 11.4 Å². The number of nitrogens with zero attached hydrogens (tertiary/aromatic N) is 4. The van der Waals surface area contributed by atoms with Gasteiger partial charge in [0, 0.05) is 10.0 Å². The van der Waals surface area contributed by atoms with Crippen molar-refractivity contribution < 1.29 is 8.78 Å². The zero-order chi connectivity index (χ0) is 14.8. The highest BCUT2D eigenvalue weighted by molar-refractivity contribution is 9.10. The van der Waals surface area contributed by atoms with Crippen LogP contribution in [-0.2, 0) is 6.54 Å². The van der Waals surface area contributed by atoms with Crippen LogP contribution in [0.1, 0.15) is 5.56 Å². The molecule has 3 aromatic rings. The van der Waals surface area contributed by atoms with Crippen LogP contribution in [0.4, 0.5) is 8.78 Å². The largest absolute Gasteiger partial charge is 0.207 e. The van der Waals surface area contributed by atoms with Gasteiger partial charge < -0.3 is 0 Å². The summed E-state index contributed by atoms with van der Waals surface area (Å²) in [7, 11) is 0. The van der Waals surface area contributed by atoms with Gasteiger partial charge in [0.25, 0.3) is 0 Å². The Bertz CT molecular complexity index is 771. The van der Waals surface area contributed by atoms with Crippen LogP contribution in [-0.4, -0.2) is 20.2 Å². The van der Waals surface area contributed by atoms with Crippen molar-refractivity contribution in [2.75, 3.05) is 0 Å². The zero-order valence-electron chi connectivity index (χ0n) is 10.7. The van der Waals surface area contributed by atoms with E-state index in [4.69, 9.17) is 0 Å². The number of hydrogen-bond donors (Lipinski definition) is 0. The second-order valence-electron chi connectivity index (χ2n) is 4.39. The molecule has 0 atom stereocenters. The van der Waals surface area contributed by atoms with Crippen LogP contribution in [0.3, 0.4) is 0 Å². The first-order chi connectivity index (χ1) is 10.1. The smallest absolute Gasteiger partial charge is 0.204 e. The summed E-state index contributed by atoms with van der Waals surface area (Å²) < 4.78 is 26.5. The lowest BCUT2D eigenvalue weighted by Crippen LogP contribution is -2.04. The number of rotatable bonds is 3. The highest BCUT2D eigenvalue weighted by Crippen LogP contribution is 2.19. The molecule has 0 spiro atoms. The molecular formula is C14H9BrF2N4. The number of tetrazole rings is 1. The van der Waals surface area contributed by atoms with Crippen molar-refractivity contribution in [3.05, 3.63) is 64.1 Å². The summed E-state index contributed by atoms with van der Waals surface area (Å²) in [6.45, 7) is 0.356. The van der Waals surface area contributed by atoms with Gasteiger partial charge in [-0.2, -0.15) is 4.80 Å². The minimum atomic E-state index is -0.318. The Morgan fingerprint density at radius 3 is 2.43 bits per heavy atom. The van der Waals surface area contributed by atoms with Gasteiger partial charge in [-0.25, -0.2) is 8.78 Å². The third-order valence-corrected chi connectivity index (χ3v) is 3.62. The van der Waals surface area contributed by atoms with Crippen molar-refractivity contribution in [2.45, 2.75) is 6.54 Å². The first-order valence-corrected chi connectivity index (χ1v) is 6.89. The monoisotopic (exact) mass is 350 g/mol. The molecule has 1 heterocycles. The second-order valence-corrected chi connectivity index (χ2v) is 5.24. The molecule has 0 amide bonds. The molecule has 1 aromatic heterocycles. The predicted octanol–water partition coefficient (Wildman–Crippen LogP) is 3.43. The van der Waals surface area contributed by atoms with Crippen molar-refractivity contribution in [3.8, 4) is 11.4 Å². The Hall–Kier alpha value is -2.15. The second kappa shape index (κ2) is 5.69. The maximum Gasteiger partial charge on any atom is 0.204 e. The zero-order valence-corrected chi connectivity index (χ0v) is 12.3. The van der Waals surface area contributed by atoms with Crippen molar-refractivity contribution in [3.63, 3.8) is 0 Å². The molecule has 4 nitrogen and oxygen atoms in total. The van der Waals surface area contributed by atoms with Gasteiger partial charge >= 0.3 is 0 Å². The van der Waals surface area contributed by atoms with Gasteiger partial charge in [0.05, 0.1) is 6.54 Å². The molecule has 0 fully saturated rings. The van der Waals surface area contributed by atoms with Crippen LogP contribution in [0.5, 0.6) is 0 Å². The maximum absolute atomic E-state index is 13.0. The predicted molar refractivity (Wildman–Crippen MR) is 76.4 cm³/mol. The number of hydrogen-bond acceptors (Lipinski definition) is 3. The average Bonchev–Trinajstić information content (AvgIpc) is 2.91. The molecule has 106 valence electrons. The fourth-order valence-electron chi connectivity index (χ4n) is 1.83. The molecule has 0 aliphatic heterocycles. The summed E-state index contributed by atoms with van der Waals surface area (Å²) in [4.78, 5) is 1.40. The summed E-state index contributed by atoms with van der Waals surface area (Å²) >= 11 is 3.29. The van der Waals surface area contributed by atoms with Gasteiger partial charge in [0.2, 0.25) is 5.82 Å². The summed E-state index contributed by atoms with van der Waals surface area (Å²) in [6, 6.07) is 10.3. The van der Waals surface area contributed by atoms with Gasteiger partial charge in [0.15, 0.2) is 0 Å².